The Balaban J connectivity index is 2.93. The van der Waals surface area contributed by atoms with Crippen molar-refractivity contribution in [1.29, 1.82) is 0 Å². The lowest BCUT2D eigenvalue weighted by Gasteiger charge is -1.88. The molecule has 0 amide bonds. The van der Waals surface area contributed by atoms with Crippen LogP contribution >= 0.6 is 11.8 Å². The highest BCUT2D eigenvalue weighted by Crippen LogP contribution is 2.13. The molecule has 0 radical (unpaired) electrons. The van der Waals surface area contributed by atoms with Gasteiger partial charge in [0.2, 0.25) is 0 Å². The first kappa shape index (κ1) is 5.74. The summed E-state index contributed by atoms with van der Waals surface area (Å²) in [6.07, 6.45) is 5.31. The number of nitrogens with zero attached hydrogens (tertiary/aromatic N) is 2. The van der Waals surface area contributed by atoms with Crippen molar-refractivity contribution in [2.24, 2.45) is 0 Å². The van der Waals surface area contributed by atoms with Crippen LogP contribution in [-0.2, 0) is 0 Å². The Labute approximate surface area is 63.2 Å². The van der Waals surface area contributed by atoms with Crippen molar-refractivity contribution in [2.45, 2.75) is 0 Å². The monoisotopic (exact) mass is 152 g/mol. The highest BCUT2D eigenvalue weighted by molar-refractivity contribution is 6.19. The Hall–Kier alpha value is -1.02. The molecule has 0 aliphatic rings. The standard InChI is InChI=1S/C7H5ClN2/c8-10-4-2-6-5-9-3-1-7(6)10/h1-5H. The molecule has 0 fully saturated rings. The molecule has 2 aromatic heterocycles. The quantitative estimate of drug-likeness (QED) is 0.565. The Kier molecular flexibility index (Phi) is 1.14. The first-order valence-electron chi connectivity index (χ1n) is 2.95. The molecule has 50 valence electrons. The molecular weight excluding hydrogens is 148 g/mol. The van der Waals surface area contributed by atoms with Crippen molar-refractivity contribution in [3.8, 4) is 0 Å². The van der Waals surface area contributed by atoms with Crippen LogP contribution in [0.2, 0.25) is 0 Å². The molecule has 3 heteroatoms. The van der Waals surface area contributed by atoms with E-state index < -0.39 is 0 Å². The first-order valence-corrected chi connectivity index (χ1v) is 3.29. The minimum atomic E-state index is 0.997. The summed E-state index contributed by atoms with van der Waals surface area (Å²) in [7, 11) is 0. The summed E-state index contributed by atoms with van der Waals surface area (Å²) in [5.41, 5.74) is 0.997. The molecule has 0 aromatic carbocycles. The topological polar surface area (TPSA) is 17.8 Å². The van der Waals surface area contributed by atoms with Gasteiger partial charge in [0, 0.05) is 35.8 Å². The van der Waals surface area contributed by atoms with E-state index in [4.69, 9.17) is 11.8 Å². The maximum absolute atomic E-state index is 5.76. The summed E-state index contributed by atoms with van der Waals surface area (Å²) >= 11 is 5.76. The van der Waals surface area contributed by atoms with Crippen LogP contribution in [0.15, 0.2) is 30.7 Å². The molecule has 0 aliphatic heterocycles. The third kappa shape index (κ3) is 0.693. The van der Waals surface area contributed by atoms with Crippen LogP contribution in [0.1, 0.15) is 0 Å². The van der Waals surface area contributed by atoms with Crippen molar-refractivity contribution in [2.75, 3.05) is 0 Å². The van der Waals surface area contributed by atoms with E-state index in [1.165, 1.54) is 0 Å². The Morgan fingerprint density at radius 1 is 1.40 bits per heavy atom. The van der Waals surface area contributed by atoms with E-state index in [1.54, 1.807) is 22.7 Å². The van der Waals surface area contributed by atoms with Crippen molar-refractivity contribution >= 4 is 22.7 Å². The van der Waals surface area contributed by atoms with Gasteiger partial charge in [-0.1, -0.05) is 0 Å². The van der Waals surface area contributed by atoms with E-state index in [1.807, 2.05) is 12.1 Å². The smallest absolute Gasteiger partial charge is 0.0678 e. The number of fused-ring (bicyclic) bond motifs is 1. The first-order chi connectivity index (χ1) is 4.88. The van der Waals surface area contributed by atoms with E-state index in [-0.39, 0.29) is 0 Å². The van der Waals surface area contributed by atoms with Crippen LogP contribution in [-0.4, -0.2) is 9.07 Å². The Morgan fingerprint density at radius 3 is 3.10 bits per heavy atom. The lowest BCUT2D eigenvalue weighted by molar-refractivity contribution is 1.30. The average molecular weight is 153 g/mol. The largest absolute Gasteiger partial charge is 0.264 e. The van der Waals surface area contributed by atoms with Gasteiger partial charge in [0.25, 0.3) is 0 Å². The SMILES string of the molecule is Cln1ccc2cnccc21. The predicted molar refractivity (Wildman–Crippen MR) is 41.0 cm³/mol. The fourth-order valence-corrected chi connectivity index (χ4v) is 1.16. The number of aromatic nitrogens is 2. The lowest BCUT2D eigenvalue weighted by atomic mass is 10.3. The van der Waals surface area contributed by atoms with Crippen LogP contribution in [0, 0.1) is 0 Å². The van der Waals surface area contributed by atoms with Gasteiger partial charge in [-0.15, -0.1) is 0 Å². The molecule has 2 rings (SSSR count). The van der Waals surface area contributed by atoms with Crippen molar-refractivity contribution in [1.82, 2.24) is 9.07 Å². The summed E-state index contributed by atoms with van der Waals surface area (Å²) in [4.78, 5) is 3.95. The van der Waals surface area contributed by atoms with Gasteiger partial charge in [-0.05, 0) is 12.1 Å². The zero-order valence-electron chi connectivity index (χ0n) is 5.16. The lowest BCUT2D eigenvalue weighted by Crippen LogP contribution is -1.75. The van der Waals surface area contributed by atoms with E-state index in [2.05, 4.69) is 4.98 Å². The number of rotatable bonds is 0. The normalized spacial score (nSPS) is 10.5. The van der Waals surface area contributed by atoms with Crippen LogP contribution in [0.4, 0.5) is 0 Å². The highest BCUT2D eigenvalue weighted by Gasteiger charge is 1.94. The van der Waals surface area contributed by atoms with E-state index in [9.17, 15) is 0 Å². The second kappa shape index (κ2) is 1.99. The summed E-state index contributed by atoms with van der Waals surface area (Å²) in [6.45, 7) is 0. The molecule has 0 bridgehead atoms. The number of hydrogen-bond donors (Lipinski definition) is 0. The van der Waals surface area contributed by atoms with Crippen LogP contribution < -0.4 is 0 Å². The minimum Gasteiger partial charge on any atom is -0.264 e. The van der Waals surface area contributed by atoms with Gasteiger partial charge in [0.15, 0.2) is 0 Å². The molecular formula is C7H5ClN2. The molecule has 0 spiro atoms. The predicted octanol–water partition coefficient (Wildman–Crippen LogP) is 2.04. The molecule has 0 atom stereocenters. The highest BCUT2D eigenvalue weighted by atomic mass is 35.5. The molecule has 10 heavy (non-hydrogen) atoms. The zero-order valence-corrected chi connectivity index (χ0v) is 5.92. The molecule has 2 heterocycles. The molecule has 2 aromatic rings. The minimum absolute atomic E-state index is 0.997. The molecule has 0 saturated carbocycles. The van der Waals surface area contributed by atoms with E-state index >= 15 is 0 Å². The summed E-state index contributed by atoms with van der Waals surface area (Å²) in [5.74, 6) is 0. The summed E-state index contributed by atoms with van der Waals surface area (Å²) in [5, 5.41) is 1.07. The third-order valence-electron chi connectivity index (χ3n) is 1.44. The Morgan fingerprint density at radius 2 is 2.30 bits per heavy atom. The van der Waals surface area contributed by atoms with Gasteiger partial charge >= 0.3 is 0 Å². The second-order valence-electron chi connectivity index (χ2n) is 2.06. The zero-order chi connectivity index (χ0) is 6.97. The maximum Gasteiger partial charge on any atom is 0.0678 e. The molecule has 0 N–H and O–H groups in total. The Bertz CT molecular complexity index is 353. The van der Waals surface area contributed by atoms with Gasteiger partial charge in [-0.2, -0.15) is 0 Å². The number of halogens is 1. The van der Waals surface area contributed by atoms with E-state index in [0.29, 0.717) is 0 Å². The van der Waals surface area contributed by atoms with Crippen LogP contribution in [0.3, 0.4) is 0 Å². The molecule has 0 aliphatic carbocycles. The fourth-order valence-electron chi connectivity index (χ4n) is 0.948. The van der Waals surface area contributed by atoms with E-state index in [0.717, 1.165) is 10.9 Å². The van der Waals surface area contributed by atoms with Crippen molar-refractivity contribution < 1.29 is 0 Å². The van der Waals surface area contributed by atoms with Gasteiger partial charge in [0.05, 0.1) is 5.52 Å². The summed E-state index contributed by atoms with van der Waals surface area (Å²) < 4.78 is 1.55. The van der Waals surface area contributed by atoms with Crippen LogP contribution in [0.25, 0.3) is 10.9 Å². The third-order valence-corrected chi connectivity index (χ3v) is 1.74. The fraction of sp³-hybridized carbons (Fsp3) is 0. The van der Waals surface area contributed by atoms with Crippen molar-refractivity contribution in [3.05, 3.63) is 30.7 Å². The second-order valence-corrected chi connectivity index (χ2v) is 2.43. The maximum atomic E-state index is 5.76. The van der Waals surface area contributed by atoms with Gasteiger partial charge in [-0.25, -0.2) is 0 Å². The summed E-state index contributed by atoms with van der Waals surface area (Å²) in [6, 6.07) is 3.80. The molecule has 0 saturated heterocycles. The average Bonchev–Trinajstić information content (AvgIpc) is 2.34. The van der Waals surface area contributed by atoms with Gasteiger partial charge in [0.1, 0.15) is 0 Å². The van der Waals surface area contributed by atoms with Gasteiger partial charge in [-0.3, -0.25) is 9.07 Å². The number of hydrogen-bond acceptors (Lipinski definition) is 1. The van der Waals surface area contributed by atoms with Crippen LogP contribution in [0.5, 0.6) is 0 Å². The molecule has 0 unspecified atom stereocenters. The number of pyridine rings is 1. The van der Waals surface area contributed by atoms with Crippen molar-refractivity contribution in [3.63, 3.8) is 0 Å². The molecule has 2 nitrogen and oxygen atoms in total. The van der Waals surface area contributed by atoms with Gasteiger partial charge < -0.3 is 0 Å².